The average molecular weight is 578 g/mol. The first-order valence-electron chi connectivity index (χ1n) is 13.2. The Hall–Kier alpha value is -4.83. The summed E-state index contributed by atoms with van der Waals surface area (Å²) in [5, 5.41) is 11.5. The van der Waals surface area contributed by atoms with E-state index in [9.17, 15) is 14.4 Å². The number of aliphatic carboxylic acids is 1. The van der Waals surface area contributed by atoms with Crippen molar-refractivity contribution in [2.75, 3.05) is 34.0 Å². The van der Waals surface area contributed by atoms with Gasteiger partial charge in [0.2, 0.25) is 0 Å². The second kappa shape index (κ2) is 15.8. The van der Waals surface area contributed by atoms with Crippen LogP contribution in [0.25, 0.3) is 0 Å². The Kier molecular flexibility index (Phi) is 11.9. The number of ether oxygens (including phenoxy) is 5. The summed E-state index contributed by atoms with van der Waals surface area (Å²) in [6.45, 7) is 3.18. The zero-order chi connectivity index (χ0) is 30.4. The van der Waals surface area contributed by atoms with Crippen LogP contribution in [0.2, 0.25) is 0 Å². The van der Waals surface area contributed by atoms with Crippen LogP contribution < -0.4 is 14.8 Å². The van der Waals surface area contributed by atoms with Gasteiger partial charge in [0.15, 0.2) is 0 Å². The van der Waals surface area contributed by atoms with E-state index in [1.807, 2.05) is 78.9 Å². The Labute approximate surface area is 244 Å². The van der Waals surface area contributed by atoms with E-state index in [1.165, 1.54) is 6.08 Å². The first kappa shape index (κ1) is 31.7. The number of rotatable bonds is 16. The Bertz CT molecular complexity index is 1260. The fourth-order valence-corrected chi connectivity index (χ4v) is 4.26. The van der Waals surface area contributed by atoms with Crippen LogP contribution >= 0.6 is 0 Å². The molecule has 222 valence electrons. The van der Waals surface area contributed by atoms with E-state index in [0.717, 1.165) is 16.7 Å². The molecular weight excluding hydrogens is 542 g/mol. The SMILES string of the molecule is C=CCOC(=O)NCC(COC(c1ccccc1)(c1ccc(OC)cc1)c1ccc(OC)cc1)OC(=O)CCC(=O)O. The molecule has 3 aromatic carbocycles. The Morgan fingerprint density at radius 1 is 0.857 bits per heavy atom. The molecule has 3 aromatic rings. The summed E-state index contributed by atoms with van der Waals surface area (Å²) in [5.41, 5.74) is 1.10. The number of carbonyl (C=O) groups is 3. The molecule has 42 heavy (non-hydrogen) atoms. The molecule has 10 heteroatoms. The first-order valence-corrected chi connectivity index (χ1v) is 13.2. The van der Waals surface area contributed by atoms with Gasteiger partial charge in [-0.25, -0.2) is 4.79 Å². The normalized spacial score (nSPS) is 11.6. The molecule has 0 fully saturated rings. The lowest BCUT2D eigenvalue weighted by atomic mass is 9.80. The van der Waals surface area contributed by atoms with Gasteiger partial charge in [-0.15, -0.1) is 0 Å². The molecule has 0 spiro atoms. The van der Waals surface area contributed by atoms with Crippen LogP contribution in [0.3, 0.4) is 0 Å². The molecule has 0 aliphatic heterocycles. The highest BCUT2D eigenvalue weighted by atomic mass is 16.6. The van der Waals surface area contributed by atoms with Crippen molar-refractivity contribution in [2.24, 2.45) is 0 Å². The molecule has 1 atom stereocenters. The molecular formula is C32H35NO9. The predicted octanol–water partition coefficient (Wildman–Crippen LogP) is 4.70. The third-order valence-corrected chi connectivity index (χ3v) is 6.31. The monoisotopic (exact) mass is 577 g/mol. The molecule has 0 aromatic heterocycles. The lowest BCUT2D eigenvalue weighted by molar-refractivity contribution is -0.156. The summed E-state index contributed by atoms with van der Waals surface area (Å²) in [5.74, 6) is -0.565. The standard InChI is InChI=1S/C32H35NO9/c1-4-20-40-31(37)33-21-28(42-30(36)19-18-29(34)35)22-41-32(23-8-6-5-7-9-23,24-10-14-26(38-2)15-11-24)25-12-16-27(39-3)17-13-25/h4-17,28H,1,18-22H2,2-3H3,(H,33,37)(H,34,35). The van der Waals surface area contributed by atoms with Crippen LogP contribution in [0.5, 0.6) is 11.5 Å². The average Bonchev–Trinajstić information content (AvgIpc) is 3.02. The number of nitrogens with one attached hydrogen (secondary N) is 1. The summed E-state index contributed by atoms with van der Waals surface area (Å²) in [6.07, 6.45) is -1.03. The maximum Gasteiger partial charge on any atom is 0.407 e. The van der Waals surface area contributed by atoms with Gasteiger partial charge in [-0.1, -0.05) is 67.3 Å². The van der Waals surface area contributed by atoms with Crippen molar-refractivity contribution in [2.45, 2.75) is 24.5 Å². The fourth-order valence-electron chi connectivity index (χ4n) is 4.26. The maximum absolute atomic E-state index is 12.5. The molecule has 0 radical (unpaired) electrons. The van der Waals surface area contributed by atoms with Gasteiger partial charge in [-0.2, -0.15) is 0 Å². The summed E-state index contributed by atoms with van der Waals surface area (Å²) in [6, 6.07) is 24.3. The van der Waals surface area contributed by atoms with Gasteiger partial charge in [-0.3, -0.25) is 9.59 Å². The van der Waals surface area contributed by atoms with E-state index in [1.54, 1.807) is 14.2 Å². The third-order valence-electron chi connectivity index (χ3n) is 6.31. The van der Waals surface area contributed by atoms with Crippen molar-refractivity contribution in [3.63, 3.8) is 0 Å². The third kappa shape index (κ3) is 8.58. The maximum atomic E-state index is 12.5. The molecule has 0 heterocycles. The van der Waals surface area contributed by atoms with Gasteiger partial charge < -0.3 is 34.1 Å². The number of carboxylic acid groups (broad SMARTS) is 1. The van der Waals surface area contributed by atoms with Crippen LogP contribution in [-0.2, 0) is 29.4 Å². The molecule has 2 N–H and O–H groups in total. The number of carbonyl (C=O) groups excluding carboxylic acids is 2. The highest BCUT2D eigenvalue weighted by molar-refractivity contribution is 5.76. The number of esters is 1. The minimum atomic E-state index is -1.20. The minimum Gasteiger partial charge on any atom is -0.497 e. The Morgan fingerprint density at radius 2 is 1.40 bits per heavy atom. The highest BCUT2D eigenvalue weighted by Gasteiger charge is 2.39. The first-order chi connectivity index (χ1) is 20.3. The highest BCUT2D eigenvalue weighted by Crippen LogP contribution is 2.41. The van der Waals surface area contributed by atoms with Crippen molar-refractivity contribution in [3.05, 3.63) is 108 Å². The van der Waals surface area contributed by atoms with Crippen molar-refractivity contribution in [1.82, 2.24) is 5.32 Å². The molecule has 0 saturated heterocycles. The largest absolute Gasteiger partial charge is 0.497 e. The summed E-state index contributed by atoms with van der Waals surface area (Å²) >= 11 is 0. The lowest BCUT2D eigenvalue weighted by Crippen LogP contribution is -2.42. The van der Waals surface area contributed by atoms with Gasteiger partial charge in [0.05, 0.1) is 40.2 Å². The minimum absolute atomic E-state index is 0.00252. The van der Waals surface area contributed by atoms with E-state index >= 15 is 0 Å². The van der Waals surface area contributed by atoms with Crippen molar-refractivity contribution >= 4 is 18.0 Å². The molecule has 0 saturated carbocycles. The van der Waals surface area contributed by atoms with Crippen molar-refractivity contribution in [1.29, 1.82) is 0 Å². The summed E-state index contributed by atoms with van der Waals surface area (Å²) < 4.78 is 28.0. The Morgan fingerprint density at radius 3 is 1.90 bits per heavy atom. The smallest absolute Gasteiger partial charge is 0.407 e. The Balaban J connectivity index is 2.04. The van der Waals surface area contributed by atoms with Crippen molar-refractivity contribution < 1.29 is 43.2 Å². The molecule has 0 aliphatic carbocycles. The van der Waals surface area contributed by atoms with Gasteiger partial charge in [0.1, 0.15) is 29.8 Å². The molecule has 1 unspecified atom stereocenters. The zero-order valence-electron chi connectivity index (χ0n) is 23.6. The van der Waals surface area contributed by atoms with E-state index in [0.29, 0.717) is 11.5 Å². The van der Waals surface area contributed by atoms with Gasteiger partial charge in [0.25, 0.3) is 0 Å². The fraction of sp³-hybridized carbons (Fsp3) is 0.281. The summed E-state index contributed by atoms with van der Waals surface area (Å²) in [7, 11) is 3.16. The van der Waals surface area contributed by atoms with Gasteiger partial charge in [0, 0.05) is 0 Å². The predicted molar refractivity (Wildman–Crippen MR) is 155 cm³/mol. The number of alkyl carbamates (subject to hydrolysis) is 1. The quantitative estimate of drug-likeness (QED) is 0.141. The van der Waals surface area contributed by atoms with E-state index in [4.69, 9.17) is 28.8 Å². The van der Waals surface area contributed by atoms with Gasteiger partial charge in [-0.05, 0) is 41.0 Å². The molecule has 0 aliphatic rings. The van der Waals surface area contributed by atoms with Crippen LogP contribution in [0.15, 0.2) is 91.5 Å². The van der Waals surface area contributed by atoms with Crippen LogP contribution in [-0.4, -0.2) is 63.2 Å². The number of benzene rings is 3. The number of hydrogen-bond acceptors (Lipinski definition) is 8. The van der Waals surface area contributed by atoms with E-state index in [2.05, 4.69) is 11.9 Å². The molecule has 10 nitrogen and oxygen atoms in total. The zero-order valence-corrected chi connectivity index (χ0v) is 23.6. The van der Waals surface area contributed by atoms with E-state index in [-0.39, 0.29) is 26.2 Å². The number of carboxylic acids is 1. The topological polar surface area (TPSA) is 130 Å². The number of methoxy groups -OCH3 is 2. The number of amides is 1. The van der Waals surface area contributed by atoms with E-state index < -0.39 is 36.2 Å². The molecule has 1 amide bonds. The van der Waals surface area contributed by atoms with Crippen LogP contribution in [0.4, 0.5) is 4.79 Å². The second-order valence-electron chi connectivity index (χ2n) is 9.09. The summed E-state index contributed by atoms with van der Waals surface area (Å²) in [4.78, 5) is 35.6. The molecule has 3 rings (SSSR count). The molecule has 0 bridgehead atoms. The van der Waals surface area contributed by atoms with Gasteiger partial charge >= 0.3 is 18.0 Å². The lowest BCUT2D eigenvalue weighted by Gasteiger charge is -2.37. The number of hydrogen-bond donors (Lipinski definition) is 2. The van der Waals surface area contributed by atoms with Crippen molar-refractivity contribution in [3.8, 4) is 11.5 Å². The van der Waals surface area contributed by atoms with Crippen LogP contribution in [0, 0.1) is 0 Å². The second-order valence-corrected chi connectivity index (χ2v) is 9.09. The van der Waals surface area contributed by atoms with Crippen LogP contribution in [0.1, 0.15) is 29.5 Å².